The number of carbonyl (C=O) groups excluding carboxylic acids is 1. The average molecular weight is 318 g/mol. The van der Waals surface area contributed by atoms with Gasteiger partial charge in [-0.15, -0.1) is 0 Å². The van der Waals surface area contributed by atoms with E-state index in [0.29, 0.717) is 24.7 Å². The van der Waals surface area contributed by atoms with E-state index in [4.69, 9.17) is 9.47 Å². The van der Waals surface area contributed by atoms with Crippen LogP contribution in [0.1, 0.15) is 56.1 Å². The highest BCUT2D eigenvalue weighted by Gasteiger charge is 2.24. The van der Waals surface area contributed by atoms with Crippen molar-refractivity contribution in [2.45, 2.75) is 58.1 Å². The highest BCUT2D eigenvalue weighted by Crippen LogP contribution is 2.30. The summed E-state index contributed by atoms with van der Waals surface area (Å²) in [4.78, 5) is 17.1. The number of rotatable bonds is 5. The van der Waals surface area contributed by atoms with Gasteiger partial charge in [-0.3, -0.25) is 0 Å². The Balaban J connectivity index is 1.78. The van der Waals surface area contributed by atoms with Gasteiger partial charge in [0.1, 0.15) is 11.4 Å². The van der Waals surface area contributed by atoms with Crippen molar-refractivity contribution < 1.29 is 14.3 Å². The standard InChI is InChI=1S/C18H26N2O3/c1-18(2,3)23-17(21)13-8-14(7-12-5-4-6-12)19-16(9-13)20-15-10-22-11-15/h8-9,12,15H,4-7,10-11H2,1-3H3,(H,19,20). The van der Waals surface area contributed by atoms with Gasteiger partial charge in [0.05, 0.1) is 24.8 Å². The van der Waals surface area contributed by atoms with Gasteiger partial charge in [-0.25, -0.2) is 9.78 Å². The van der Waals surface area contributed by atoms with Crippen molar-refractivity contribution in [3.8, 4) is 0 Å². The fraction of sp³-hybridized carbons (Fsp3) is 0.667. The summed E-state index contributed by atoms with van der Waals surface area (Å²) in [5.41, 5.74) is 1.05. The number of ether oxygens (including phenoxy) is 2. The maximum Gasteiger partial charge on any atom is 0.338 e. The van der Waals surface area contributed by atoms with E-state index in [2.05, 4.69) is 10.3 Å². The van der Waals surface area contributed by atoms with Crippen molar-refractivity contribution in [3.05, 3.63) is 23.4 Å². The summed E-state index contributed by atoms with van der Waals surface area (Å²) in [6.45, 7) is 7.03. The number of hydrogen-bond acceptors (Lipinski definition) is 5. The third kappa shape index (κ3) is 4.44. The first-order valence-corrected chi connectivity index (χ1v) is 8.48. The van der Waals surface area contributed by atoms with E-state index in [1.54, 1.807) is 6.07 Å². The minimum atomic E-state index is -0.496. The van der Waals surface area contributed by atoms with Crippen molar-refractivity contribution >= 4 is 11.8 Å². The highest BCUT2D eigenvalue weighted by atomic mass is 16.6. The Bertz CT molecular complexity index is 538. The molecule has 23 heavy (non-hydrogen) atoms. The number of aromatic nitrogens is 1. The van der Waals surface area contributed by atoms with Gasteiger partial charge in [0.15, 0.2) is 0 Å². The molecule has 0 spiro atoms. The van der Waals surface area contributed by atoms with Crippen LogP contribution in [0.5, 0.6) is 0 Å². The zero-order valence-electron chi connectivity index (χ0n) is 14.2. The van der Waals surface area contributed by atoms with Gasteiger partial charge in [-0.1, -0.05) is 19.3 Å². The summed E-state index contributed by atoms with van der Waals surface area (Å²) in [5, 5.41) is 3.34. The zero-order chi connectivity index (χ0) is 16.4. The summed E-state index contributed by atoms with van der Waals surface area (Å²) in [6, 6.07) is 3.96. The molecular weight excluding hydrogens is 292 g/mol. The number of esters is 1. The van der Waals surface area contributed by atoms with Crippen LogP contribution in [0, 0.1) is 5.92 Å². The molecule has 1 aromatic rings. The molecule has 0 amide bonds. The second-order valence-electron chi connectivity index (χ2n) is 7.61. The summed E-state index contributed by atoms with van der Waals surface area (Å²) in [7, 11) is 0. The van der Waals surface area contributed by atoms with Crippen molar-refractivity contribution in [2.24, 2.45) is 5.92 Å². The molecule has 0 bridgehead atoms. The smallest absolute Gasteiger partial charge is 0.338 e. The van der Waals surface area contributed by atoms with E-state index in [1.165, 1.54) is 19.3 Å². The topological polar surface area (TPSA) is 60.5 Å². The first kappa shape index (κ1) is 16.2. The predicted octanol–water partition coefficient (Wildman–Crippen LogP) is 3.19. The molecule has 0 aromatic carbocycles. The molecule has 0 atom stereocenters. The summed E-state index contributed by atoms with van der Waals surface area (Å²) >= 11 is 0. The van der Waals surface area contributed by atoms with Crippen molar-refractivity contribution in [1.82, 2.24) is 4.98 Å². The van der Waals surface area contributed by atoms with Gasteiger partial charge < -0.3 is 14.8 Å². The lowest BCUT2D eigenvalue weighted by molar-refractivity contribution is 0.00691. The van der Waals surface area contributed by atoms with Crippen LogP contribution in [-0.2, 0) is 15.9 Å². The van der Waals surface area contributed by atoms with Crippen molar-refractivity contribution in [2.75, 3.05) is 18.5 Å². The Kier molecular flexibility index (Phi) is 4.57. The quantitative estimate of drug-likeness (QED) is 0.845. The largest absolute Gasteiger partial charge is 0.456 e. The molecule has 3 rings (SSSR count). The predicted molar refractivity (Wildman–Crippen MR) is 88.7 cm³/mol. The molecule has 126 valence electrons. The Morgan fingerprint density at radius 3 is 2.61 bits per heavy atom. The third-order valence-corrected chi connectivity index (χ3v) is 4.23. The summed E-state index contributed by atoms with van der Waals surface area (Å²) < 4.78 is 10.7. The Labute approximate surface area is 137 Å². The number of nitrogens with one attached hydrogen (secondary N) is 1. The van der Waals surface area contributed by atoms with Crippen LogP contribution < -0.4 is 5.32 Å². The van der Waals surface area contributed by atoms with Crippen LogP contribution in [0.4, 0.5) is 5.82 Å². The van der Waals surface area contributed by atoms with Gasteiger partial charge in [-0.05, 0) is 45.2 Å². The highest BCUT2D eigenvalue weighted by molar-refractivity contribution is 5.90. The minimum absolute atomic E-state index is 0.285. The number of pyridine rings is 1. The number of hydrogen-bond donors (Lipinski definition) is 1. The zero-order valence-corrected chi connectivity index (χ0v) is 14.2. The third-order valence-electron chi connectivity index (χ3n) is 4.23. The number of carbonyl (C=O) groups is 1. The summed E-state index contributed by atoms with van der Waals surface area (Å²) in [5.74, 6) is 1.16. The monoisotopic (exact) mass is 318 g/mol. The molecule has 1 saturated carbocycles. The molecule has 1 N–H and O–H groups in total. The molecule has 1 aliphatic carbocycles. The van der Waals surface area contributed by atoms with Gasteiger partial charge >= 0.3 is 5.97 Å². The molecule has 0 unspecified atom stereocenters. The second kappa shape index (κ2) is 6.48. The molecule has 5 heteroatoms. The molecule has 1 saturated heterocycles. The van der Waals surface area contributed by atoms with Gasteiger partial charge in [0, 0.05) is 5.69 Å². The van der Waals surface area contributed by atoms with Crippen LogP contribution in [-0.4, -0.2) is 35.8 Å². The molecule has 0 radical (unpaired) electrons. The van der Waals surface area contributed by atoms with E-state index in [-0.39, 0.29) is 12.0 Å². The molecule has 5 nitrogen and oxygen atoms in total. The first-order chi connectivity index (χ1) is 10.9. The fourth-order valence-electron chi connectivity index (χ4n) is 2.74. The van der Waals surface area contributed by atoms with Gasteiger partial charge in [0.2, 0.25) is 0 Å². The molecule has 2 heterocycles. The van der Waals surface area contributed by atoms with Crippen molar-refractivity contribution in [3.63, 3.8) is 0 Å². The lowest BCUT2D eigenvalue weighted by Gasteiger charge is -2.28. The van der Waals surface area contributed by atoms with Crippen LogP contribution in [0.25, 0.3) is 0 Å². The lowest BCUT2D eigenvalue weighted by Crippen LogP contribution is -2.40. The fourth-order valence-corrected chi connectivity index (χ4v) is 2.74. The molecule has 1 aromatic heterocycles. The normalized spacial score (nSPS) is 18.9. The first-order valence-electron chi connectivity index (χ1n) is 8.48. The number of anilines is 1. The van der Waals surface area contributed by atoms with E-state index in [9.17, 15) is 4.79 Å². The van der Waals surface area contributed by atoms with E-state index >= 15 is 0 Å². The van der Waals surface area contributed by atoms with Crippen LogP contribution in [0.15, 0.2) is 12.1 Å². The SMILES string of the molecule is CC(C)(C)OC(=O)c1cc(CC2CCC2)nc(NC2COC2)c1. The van der Waals surface area contributed by atoms with Crippen molar-refractivity contribution in [1.29, 1.82) is 0 Å². The van der Waals surface area contributed by atoms with E-state index in [1.807, 2.05) is 26.8 Å². The molecule has 1 aliphatic heterocycles. The van der Waals surface area contributed by atoms with E-state index < -0.39 is 5.60 Å². The molecule has 2 fully saturated rings. The minimum Gasteiger partial charge on any atom is -0.456 e. The number of nitrogens with zero attached hydrogens (tertiary/aromatic N) is 1. The van der Waals surface area contributed by atoms with Gasteiger partial charge in [-0.2, -0.15) is 0 Å². The van der Waals surface area contributed by atoms with Gasteiger partial charge in [0.25, 0.3) is 0 Å². The maximum atomic E-state index is 12.4. The summed E-state index contributed by atoms with van der Waals surface area (Å²) in [6.07, 6.45) is 4.77. The second-order valence-corrected chi connectivity index (χ2v) is 7.61. The Morgan fingerprint density at radius 2 is 2.09 bits per heavy atom. The molecular formula is C18H26N2O3. The van der Waals surface area contributed by atoms with Crippen LogP contribution in [0.2, 0.25) is 0 Å². The van der Waals surface area contributed by atoms with E-state index in [0.717, 1.165) is 17.9 Å². The Hall–Kier alpha value is -1.62. The van der Waals surface area contributed by atoms with Crippen LogP contribution >= 0.6 is 0 Å². The maximum absolute atomic E-state index is 12.4. The lowest BCUT2D eigenvalue weighted by atomic mass is 9.82. The van der Waals surface area contributed by atoms with Crippen LogP contribution in [0.3, 0.4) is 0 Å². The average Bonchev–Trinajstić information content (AvgIpc) is 2.36. The Morgan fingerprint density at radius 1 is 1.35 bits per heavy atom. The molecule has 2 aliphatic rings.